The van der Waals surface area contributed by atoms with Crippen LogP contribution in [-0.4, -0.2) is 61.9 Å². The average molecular weight is 270 g/mol. The number of hydrogen-bond donors (Lipinski definition) is 1. The summed E-state index contributed by atoms with van der Waals surface area (Å²) in [6.07, 6.45) is 3.52. The third kappa shape index (κ3) is 4.75. The molecular formula is C14H26N2O3. The molecule has 19 heavy (non-hydrogen) atoms. The van der Waals surface area contributed by atoms with E-state index in [4.69, 9.17) is 9.47 Å². The number of carbonyl (C=O) groups excluding carboxylic acids is 1. The first-order valence-electron chi connectivity index (χ1n) is 7.31. The van der Waals surface area contributed by atoms with E-state index in [9.17, 15) is 4.79 Å². The Labute approximate surface area is 115 Å². The second-order valence-electron chi connectivity index (χ2n) is 6.09. The van der Waals surface area contributed by atoms with Gasteiger partial charge in [-0.25, -0.2) is 0 Å². The minimum Gasteiger partial charge on any atom is -0.369 e. The number of ether oxygens (including phenoxy) is 2. The summed E-state index contributed by atoms with van der Waals surface area (Å²) >= 11 is 0. The molecule has 0 spiro atoms. The molecule has 2 rings (SSSR count). The van der Waals surface area contributed by atoms with E-state index in [0.29, 0.717) is 6.61 Å². The predicted molar refractivity (Wildman–Crippen MR) is 73.1 cm³/mol. The number of amides is 1. The summed E-state index contributed by atoms with van der Waals surface area (Å²) in [6, 6.07) is 0. The molecule has 1 atom stereocenters. The second-order valence-corrected chi connectivity index (χ2v) is 6.09. The topological polar surface area (TPSA) is 50.8 Å². The summed E-state index contributed by atoms with van der Waals surface area (Å²) in [5.41, 5.74) is -0.150. The van der Waals surface area contributed by atoms with Gasteiger partial charge in [0.1, 0.15) is 6.61 Å². The molecule has 2 aliphatic heterocycles. The van der Waals surface area contributed by atoms with E-state index < -0.39 is 0 Å². The molecule has 0 aromatic heterocycles. The third-order valence-electron chi connectivity index (χ3n) is 3.65. The van der Waals surface area contributed by atoms with Crippen molar-refractivity contribution in [1.29, 1.82) is 0 Å². The van der Waals surface area contributed by atoms with Crippen molar-refractivity contribution in [3.63, 3.8) is 0 Å². The molecule has 2 heterocycles. The standard InChI is InChI=1S/C14H26N2O3/c1-14(2)11-15-8-12(19-14)9-18-10-13(17)16-6-4-3-5-7-16/h12,15H,3-11H2,1-2H3. The Morgan fingerprint density at radius 1 is 1.37 bits per heavy atom. The fourth-order valence-electron chi connectivity index (χ4n) is 2.67. The van der Waals surface area contributed by atoms with Crippen LogP contribution in [0.15, 0.2) is 0 Å². The third-order valence-corrected chi connectivity index (χ3v) is 3.65. The summed E-state index contributed by atoms with van der Waals surface area (Å²) in [5, 5.41) is 3.33. The summed E-state index contributed by atoms with van der Waals surface area (Å²) in [5.74, 6) is 0.114. The molecule has 0 radical (unpaired) electrons. The zero-order valence-corrected chi connectivity index (χ0v) is 12.1. The summed E-state index contributed by atoms with van der Waals surface area (Å²) in [4.78, 5) is 13.8. The van der Waals surface area contributed by atoms with Crippen LogP contribution in [0.4, 0.5) is 0 Å². The molecule has 1 N–H and O–H groups in total. The average Bonchev–Trinajstić information content (AvgIpc) is 2.38. The summed E-state index contributed by atoms with van der Waals surface area (Å²) in [6.45, 7) is 8.21. The number of carbonyl (C=O) groups is 1. The van der Waals surface area contributed by atoms with Gasteiger partial charge in [0.25, 0.3) is 0 Å². The van der Waals surface area contributed by atoms with Crippen LogP contribution in [0.2, 0.25) is 0 Å². The number of nitrogens with one attached hydrogen (secondary N) is 1. The number of hydrogen-bond acceptors (Lipinski definition) is 4. The van der Waals surface area contributed by atoms with Crippen LogP contribution in [0.25, 0.3) is 0 Å². The zero-order chi connectivity index (χ0) is 13.7. The molecule has 110 valence electrons. The lowest BCUT2D eigenvalue weighted by Crippen LogP contribution is -2.52. The van der Waals surface area contributed by atoms with E-state index in [1.165, 1.54) is 6.42 Å². The second kappa shape index (κ2) is 6.68. The van der Waals surface area contributed by atoms with Crippen LogP contribution >= 0.6 is 0 Å². The van der Waals surface area contributed by atoms with E-state index in [1.807, 2.05) is 4.90 Å². The van der Waals surface area contributed by atoms with Gasteiger partial charge < -0.3 is 19.7 Å². The lowest BCUT2D eigenvalue weighted by molar-refractivity contribution is -0.144. The Bertz CT molecular complexity index is 301. The first kappa shape index (κ1) is 14.8. The fraction of sp³-hybridized carbons (Fsp3) is 0.929. The Hall–Kier alpha value is -0.650. The Kier molecular flexibility index (Phi) is 5.19. The number of likely N-dealkylation sites (tertiary alicyclic amines) is 1. The van der Waals surface area contributed by atoms with Crippen LogP contribution in [0.1, 0.15) is 33.1 Å². The van der Waals surface area contributed by atoms with Crippen LogP contribution in [0.3, 0.4) is 0 Å². The normalized spacial score (nSPS) is 27.3. The van der Waals surface area contributed by atoms with Crippen molar-refractivity contribution < 1.29 is 14.3 Å². The maximum atomic E-state index is 11.9. The van der Waals surface area contributed by atoms with Gasteiger partial charge in [-0.1, -0.05) is 0 Å². The molecule has 5 heteroatoms. The first-order valence-corrected chi connectivity index (χ1v) is 7.31. The lowest BCUT2D eigenvalue weighted by atomic mass is 10.1. The van der Waals surface area contributed by atoms with Crippen molar-refractivity contribution in [2.24, 2.45) is 0 Å². The SMILES string of the molecule is CC1(C)CNCC(COCC(=O)N2CCCCC2)O1. The van der Waals surface area contributed by atoms with Gasteiger partial charge in [0.05, 0.1) is 18.3 Å². The van der Waals surface area contributed by atoms with Crippen LogP contribution in [-0.2, 0) is 14.3 Å². The van der Waals surface area contributed by atoms with E-state index in [2.05, 4.69) is 19.2 Å². The maximum absolute atomic E-state index is 11.9. The molecule has 1 amide bonds. The Balaban J connectivity index is 1.64. The van der Waals surface area contributed by atoms with Crippen LogP contribution in [0, 0.1) is 0 Å². The fourth-order valence-corrected chi connectivity index (χ4v) is 2.67. The highest BCUT2D eigenvalue weighted by atomic mass is 16.5. The molecule has 1 unspecified atom stereocenters. The molecule has 5 nitrogen and oxygen atoms in total. The van der Waals surface area contributed by atoms with Crippen molar-refractivity contribution in [3.8, 4) is 0 Å². The van der Waals surface area contributed by atoms with Crippen molar-refractivity contribution >= 4 is 5.91 Å². The first-order chi connectivity index (χ1) is 9.07. The number of morpholine rings is 1. The highest BCUT2D eigenvalue weighted by Crippen LogP contribution is 2.15. The Morgan fingerprint density at radius 3 is 2.79 bits per heavy atom. The van der Waals surface area contributed by atoms with Gasteiger partial charge in [-0.15, -0.1) is 0 Å². The zero-order valence-electron chi connectivity index (χ0n) is 12.1. The summed E-state index contributed by atoms with van der Waals surface area (Å²) < 4.78 is 11.4. The van der Waals surface area contributed by atoms with Crippen molar-refractivity contribution in [3.05, 3.63) is 0 Å². The molecular weight excluding hydrogens is 244 g/mol. The molecule has 0 bridgehead atoms. The molecule has 2 saturated heterocycles. The van der Waals surface area contributed by atoms with Gasteiger partial charge in [-0.3, -0.25) is 4.79 Å². The largest absolute Gasteiger partial charge is 0.369 e. The molecule has 2 fully saturated rings. The lowest BCUT2D eigenvalue weighted by Gasteiger charge is -2.36. The minimum atomic E-state index is -0.150. The van der Waals surface area contributed by atoms with Crippen LogP contribution < -0.4 is 5.32 Å². The van der Waals surface area contributed by atoms with Gasteiger partial charge in [0.15, 0.2) is 0 Å². The molecule has 2 aliphatic rings. The van der Waals surface area contributed by atoms with E-state index in [1.54, 1.807) is 0 Å². The quantitative estimate of drug-likeness (QED) is 0.820. The van der Waals surface area contributed by atoms with Crippen molar-refractivity contribution in [2.75, 3.05) is 39.4 Å². The highest BCUT2D eigenvalue weighted by Gasteiger charge is 2.28. The molecule has 0 saturated carbocycles. The number of rotatable bonds is 4. The van der Waals surface area contributed by atoms with Crippen molar-refractivity contribution in [1.82, 2.24) is 10.2 Å². The van der Waals surface area contributed by atoms with Crippen LogP contribution in [0.5, 0.6) is 0 Å². The maximum Gasteiger partial charge on any atom is 0.248 e. The van der Waals surface area contributed by atoms with Gasteiger partial charge in [0.2, 0.25) is 5.91 Å². The number of piperidine rings is 1. The highest BCUT2D eigenvalue weighted by molar-refractivity contribution is 5.77. The predicted octanol–water partition coefficient (Wildman–Crippen LogP) is 0.783. The van der Waals surface area contributed by atoms with Gasteiger partial charge in [-0.05, 0) is 33.1 Å². The monoisotopic (exact) mass is 270 g/mol. The van der Waals surface area contributed by atoms with Crippen molar-refractivity contribution in [2.45, 2.75) is 44.8 Å². The van der Waals surface area contributed by atoms with Gasteiger partial charge >= 0.3 is 0 Å². The van der Waals surface area contributed by atoms with Gasteiger partial charge in [0, 0.05) is 26.2 Å². The minimum absolute atomic E-state index is 0.0397. The molecule has 0 aliphatic carbocycles. The van der Waals surface area contributed by atoms with E-state index in [0.717, 1.165) is 39.0 Å². The Morgan fingerprint density at radius 2 is 2.11 bits per heavy atom. The summed E-state index contributed by atoms with van der Waals surface area (Å²) in [7, 11) is 0. The van der Waals surface area contributed by atoms with E-state index in [-0.39, 0.29) is 24.2 Å². The number of nitrogens with zero attached hydrogens (tertiary/aromatic N) is 1. The van der Waals surface area contributed by atoms with Gasteiger partial charge in [-0.2, -0.15) is 0 Å². The molecule has 0 aromatic rings. The molecule has 0 aromatic carbocycles. The smallest absolute Gasteiger partial charge is 0.248 e. The van der Waals surface area contributed by atoms with E-state index >= 15 is 0 Å².